The Hall–Kier alpha value is -1.04. The van der Waals surface area contributed by atoms with E-state index >= 15 is 0 Å². The first-order valence-electron chi connectivity index (χ1n) is 5.29. The van der Waals surface area contributed by atoms with Crippen molar-refractivity contribution in [2.75, 3.05) is 21.3 Å². The number of nitrogens with one attached hydrogen (secondary N) is 1. The molecule has 0 amide bonds. The molecule has 0 saturated heterocycles. The molecular weight excluding hydrogens is 228 g/mol. The summed E-state index contributed by atoms with van der Waals surface area (Å²) in [5.74, 6) is -1.66. The highest BCUT2D eigenvalue weighted by Gasteiger charge is 2.21. The molecule has 1 atom stereocenters. The van der Waals surface area contributed by atoms with E-state index in [4.69, 9.17) is 9.47 Å². The fourth-order valence-electron chi connectivity index (χ4n) is 1.70. The fraction of sp³-hybridized carbons (Fsp3) is 0.500. The zero-order chi connectivity index (χ0) is 12.8. The maximum atomic E-state index is 13.5. The average molecular weight is 245 g/mol. The number of likely N-dealkylation sites (N-methyl/N-ethyl adjacent to an activating group) is 1. The molecule has 1 rings (SSSR count). The quantitative estimate of drug-likeness (QED) is 0.774. The summed E-state index contributed by atoms with van der Waals surface area (Å²) in [5, 5.41) is 2.96. The topological polar surface area (TPSA) is 30.5 Å². The molecule has 17 heavy (non-hydrogen) atoms. The summed E-state index contributed by atoms with van der Waals surface area (Å²) < 4.78 is 36.7. The van der Waals surface area contributed by atoms with Gasteiger partial charge in [-0.2, -0.15) is 0 Å². The highest BCUT2D eigenvalue weighted by Crippen LogP contribution is 2.15. The van der Waals surface area contributed by atoms with Crippen LogP contribution in [0.25, 0.3) is 0 Å². The lowest BCUT2D eigenvalue weighted by Gasteiger charge is -2.24. The summed E-state index contributed by atoms with van der Waals surface area (Å²) in [5.41, 5.74) is 0.295. The highest BCUT2D eigenvalue weighted by molar-refractivity contribution is 5.20. The smallest absolute Gasteiger partial charge is 0.172 e. The van der Waals surface area contributed by atoms with E-state index in [2.05, 4.69) is 5.32 Å². The van der Waals surface area contributed by atoms with Gasteiger partial charge in [0.2, 0.25) is 0 Å². The molecule has 1 unspecified atom stereocenters. The minimum Gasteiger partial charge on any atom is -0.354 e. The summed E-state index contributed by atoms with van der Waals surface area (Å²) >= 11 is 0. The van der Waals surface area contributed by atoms with E-state index in [9.17, 15) is 8.78 Å². The number of halogens is 2. The van der Waals surface area contributed by atoms with Crippen LogP contribution in [0.3, 0.4) is 0 Å². The molecule has 0 aromatic heterocycles. The molecule has 0 fully saturated rings. The van der Waals surface area contributed by atoms with Gasteiger partial charge in [0.15, 0.2) is 17.9 Å². The third-order valence-corrected chi connectivity index (χ3v) is 2.64. The predicted molar refractivity (Wildman–Crippen MR) is 60.7 cm³/mol. The lowest BCUT2D eigenvalue weighted by atomic mass is 10.0. The predicted octanol–water partition coefficient (Wildman–Crippen LogP) is 1.71. The van der Waals surface area contributed by atoms with Crippen molar-refractivity contribution in [3.8, 4) is 0 Å². The summed E-state index contributed by atoms with van der Waals surface area (Å²) in [7, 11) is 4.72. The van der Waals surface area contributed by atoms with Crippen LogP contribution < -0.4 is 5.32 Å². The molecule has 0 heterocycles. The van der Waals surface area contributed by atoms with Gasteiger partial charge in [0.1, 0.15) is 0 Å². The van der Waals surface area contributed by atoms with Gasteiger partial charge in [-0.05, 0) is 25.1 Å². The third-order valence-electron chi connectivity index (χ3n) is 2.64. The van der Waals surface area contributed by atoms with E-state index in [1.54, 1.807) is 13.1 Å². The van der Waals surface area contributed by atoms with Crippen molar-refractivity contribution in [3.63, 3.8) is 0 Å². The molecule has 0 radical (unpaired) electrons. The van der Waals surface area contributed by atoms with Crippen molar-refractivity contribution < 1.29 is 18.3 Å². The Labute approximate surface area is 99.7 Å². The molecule has 1 aromatic carbocycles. The van der Waals surface area contributed by atoms with Crippen molar-refractivity contribution in [2.45, 2.75) is 18.8 Å². The van der Waals surface area contributed by atoms with Crippen molar-refractivity contribution in [2.24, 2.45) is 0 Å². The first-order valence-corrected chi connectivity index (χ1v) is 5.29. The first-order chi connectivity index (χ1) is 8.13. The van der Waals surface area contributed by atoms with Gasteiger partial charge in [0.05, 0.1) is 6.04 Å². The number of benzene rings is 1. The van der Waals surface area contributed by atoms with Crippen LogP contribution in [-0.2, 0) is 15.9 Å². The molecule has 0 saturated carbocycles. The SMILES string of the molecule is CNC(Cc1cccc(F)c1F)C(OC)OC. The summed E-state index contributed by atoms with van der Waals surface area (Å²) in [4.78, 5) is 0. The summed E-state index contributed by atoms with van der Waals surface area (Å²) in [6.45, 7) is 0. The number of hydrogen-bond acceptors (Lipinski definition) is 3. The Kier molecular flexibility index (Phi) is 5.47. The number of methoxy groups -OCH3 is 2. The van der Waals surface area contributed by atoms with Crippen LogP contribution in [-0.4, -0.2) is 33.6 Å². The molecule has 3 nitrogen and oxygen atoms in total. The van der Waals surface area contributed by atoms with Gasteiger partial charge in [-0.3, -0.25) is 0 Å². The molecule has 0 spiro atoms. The van der Waals surface area contributed by atoms with Crippen LogP contribution >= 0.6 is 0 Å². The van der Waals surface area contributed by atoms with Crippen LogP contribution in [0, 0.1) is 11.6 Å². The second-order valence-corrected chi connectivity index (χ2v) is 3.65. The molecule has 0 aliphatic heterocycles. The van der Waals surface area contributed by atoms with Crippen molar-refractivity contribution in [1.29, 1.82) is 0 Å². The van der Waals surface area contributed by atoms with Gasteiger partial charge in [0, 0.05) is 14.2 Å². The second-order valence-electron chi connectivity index (χ2n) is 3.65. The molecule has 0 aliphatic carbocycles. The molecule has 5 heteroatoms. The van der Waals surface area contributed by atoms with E-state index in [1.807, 2.05) is 0 Å². The van der Waals surface area contributed by atoms with E-state index in [0.29, 0.717) is 5.56 Å². The molecule has 0 bridgehead atoms. The minimum absolute atomic E-state index is 0.249. The van der Waals surface area contributed by atoms with Gasteiger partial charge >= 0.3 is 0 Å². The largest absolute Gasteiger partial charge is 0.354 e. The van der Waals surface area contributed by atoms with Crippen molar-refractivity contribution in [1.82, 2.24) is 5.32 Å². The Morgan fingerprint density at radius 3 is 2.41 bits per heavy atom. The molecule has 1 N–H and O–H groups in total. The van der Waals surface area contributed by atoms with Crippen LogP contribution in [0.4, 0.5) is 8.78 Å². The lowest BCUT2D eigenvalue weighted by molar-refractivity contribution is -0.121. The second kappa shape index (κ2) is 6.64. The number of ether oxygens (including phenoxy) is 2. The monoisotopic (exact) mass is 245 g/mol. The van der Waals surface area contributed by atoms with Gasteiger partial charge in [-0.15, -0.1) is 0 Å². The van der Waals surface area contributed by atoms with Gasteiger partial charge < -0.3 is 14.8 Å². The average Bonchev–Trinajstić information content (AvgIpc) is 2.34. The van der Waals surface area contributed by atoms with Crippen LogP contribution in [0.5, 0.6) is 0 Å². The Morgan fingerprint density at radius 1 is 1.24 bits per heavy atom. The normalized spacial score (nSPS) is 13.1. The maximum Gasteiger partial charge on any atom is 0.172 e. The van der Waals surface area contributed by atoms with Crippen LogP contribution in [0.2, 0.25) is 0 Å². The Balaban J connectivity index is 2.83. The maximum absolute atomic E-state index is 13.5. The van der Waals surface area contributed by atoms with E-state index in [0.717, 1.165) is 6.07 Å². The van der Waals surface area contributed by atoms with Gasteiger partial charge in [-0.25, -0.2) is 8.78 Å². The van der Waals surface area contributed by atoms with Gasteiger partial charge in [0.25, 0.3) is 0 Å². The zero-order valence-corrected chi connectivity index (χ0v) is 10.2. The molecular formula is C12H17F2NO2. The number of hydrogen-bond donors (Lipinski definition) is 1. The lowest BCUT2D eigenvalue weighted by Crippen LogP contribution is -2.41. The fourth-order valence-corrected chi connectivity index (χ4v) is 1.70. The van der Waals surface area contributed by atoms with Crippen LogP contribution in [0.1, 0.15) is 5.56 Å². The van der Waals surface area contributed by atoms with E-state index < -0.39 is 17.9 Å². The van der Waals surface area contributed by atoms with E-state index in [1.165, 1.54) is 20.3 Å². The highest BCUT2D eigenvalue weighted by atomic mass is 19.2. The molecule has 0 aliphatic rings. The Bertz CT molecular complexity index is 356. The standard InChI is InChI=1S/C12H17F2NO2/c1-15-10(12(16-2)17-3)7-8-5-4-6-9(13)11(8)14/h4-6,10,12,15H,7H2,1-3H3. The van der Waals surface area contributed by atoms with Crippen molar-refractivity contribution in [3.05, 3.63) is 35.4 Å². The molecule has 1 aromatic rings. The minimum atomic E-state index is -0.844. The zero-order valence-electron chi connectivity index (χ0n) is 10.2. The summed E-state index contributed by atoms with van der Waals surface area (Å²) in [6.07, 6.45) is -0.227. The van der Waals surface area contributed by atoms with E-state index in [-0.39, 0.29) is 12.5 Å². The van der Waals surface area contributed by atoms with Crippen molar-refractivity contribution >= 4 is 0 Å². The van der Waals surface area contributed by atoms with Crippen LogP contribution in [0.15, 0.2) is 18.2 Å². The number of rotatable bonds is 6. The first kappa shape index (κ1) is 14.0. The Morgan fingerprint density at radius 2 is 1.88 bits per heavy atom. The summed E-state index contributed by atoms with van der Waals surface area (Å²) in [6, 6.07) is 3.87. The molecule has 96 valence electrons. The van der Waals surface area contributed by atoms with Gasteiger partial charge in [-0.1, -0.05) is 12.1 Å². The third kappa shape index (κ3) is 3.46.